The maximum Gasteiger partial charge on any atom is 0.157 e. The highest BCUT2D eigenvalue weighted by molar-refractivity contribution is 4.67. The van der Waals surface area contributed by atoms with E-state index in [1.807, 2.05) is 0 Å². The fraction of sp³-hybridized carbons (Fsp3) is 1.00. The second kappa shape index (κ2) is 6.46. The van der Waals surface area contributed by atoms with E-state index in [1.165, 1.54) is 6.42 Å². The fourth-order valence-electron chi connectivity index (χ4n) is 1.74. The summed E-state index contributed by atoms with van der Waals surface area (Å²) >= 11 is 0. The minimum absolute atomic E-state index is 0.0173. The maximum atomic E-state index is 8.88. The SMILES string of the molecule is CC(C)(CCO)CCOC1CCCCO1. The van der Waals surface area contributed by atoms with Gasteiger partial charge in [0, 0.05) is 13.2 Å². The average molecular weight is 216 g/mol. The van der Waals surface area contributed by atoms with Crippen molar-refractivity contribution in [2.24, 2.45) is 5.41 Å². The molecule has 0 aliphatic carbocycles. The molecule has 1 aliphatic rings. The molecule has 0 saturated carbocycles. The highest BCUT2D eigenvalue weighted by Crippen LogP contribution is 2.25. The largest absolute Gasteiger partial charge is 0.396 e. The number of rotatable bonds is 6. The van der Waals surface area contributed by atoms with Crippen LogP contribution in [0.1, 0.15) is 46.0 Å². The fourth-order valence-corrected chi connectivity index (χ4v) is 1.74. The first kappa shape index (κ1) is 12.9. The lowest BCUT2D eigenvalue weighted by atomic mass is 9.86. The lowest BCUT2D eigenvalue weighted by Crippen LogP contribution is -2.25. The van der Waals surface area contributed by atoms with E-state index in [0.717, 1.165) is 38.9 Å². The van der Waals surface area contributed by atoms with Gasteiger partial charge in [0.1, 0.15) is 0 Å². The van der Waals surface area contributed by atoms with Gasteiger partial charge in [-0.15, -0.1) is 0 Å². The van der Waals surface area contributed by atoms with Crippen LogP contribution in [-0.2, 0) is 9.47 Å². The summed E-state index contributed by atoms with van der Waals surface area (Å²) in [4.78, 5) is 0. The van der Waals surface area contributed by atoms with Crippen LogP contribution in [0.2, 0.25) is 0 Å². The Labute approximate surface area is 92.8 Å². The predicted molar refractivity (Wildman–Crippen MR) is 59.6 cm³/mol. The Hall–Kier alpha value is -0.120. The molecule has 3 nitrogen and oxygen atoms in total. The van der Waals surface area contributed by atoms with Crippen molar-refractivity contribution < 1.29 is 14.6 Å². The highest BCUT2D eigenvalue weighted by atomic mass is 16.7. The van der Waals surface area contributed by atoms with E-state index in [9.17, 15) is 0 Å². The molecule has 0 aromatic heterocycles. The number of hydrogen-bond donors (Lipinski definition) is 1. The third kappa shape index (κ3) is 5.50. The normalized spacial score (nSPS) is 23.0. The van der Waals surface area contributed by atoms with Gasteiger partial charge >= 0.3 is 0 Å². The van der Waals surface area contributed by atoms with Crippen molar-refractivity contribution in [3.8, 4) is 0 Å². The van der Waals surface area contributed by atoms with Crippen LogP contribution < -0.4 is 0 Å². The Bertz CT molecular complexity index is 162. The molecule has 0 aromatic carbocycles. The zero-order valence-electron chi connectivity index (χ0n) is 10.00. The topological polar surface area (TPSA) is 38.7 Å². The zero-order chi connectivity index (χ0) is 11.1. The third-order valence-electron chi connectivity index (χ3n) is 3.01. The van der Waals surface area contributed by atoms with Crippen LogP contribution in [0.3, 0.4) is 0 Å². The molecule has 1 fully saturated rings. The van der Waals surface area contributed by atoms with Crippen molar-refractivity contribution in [3.05, 3.63) is 0 Å². The van der Waals surface area contributed by atoms with Gasteiger partial charge in [0.15, 0.2) is 6.29 Å². The van der Waals surface area contributed by atoms with Crippen molar-refractivity contribution in [1.29, 1.82) is 0 Å². The lowest BCUT2D eigenvalue weighted by molar-refractivity contribution is -0.165. The van der Waals surface area contributed by atoms with Crippen LogP contribution in [0.25, 0.3) is 0 Å². The number of aliphatic hydroxyl groups excluding tert-OH is 1. The average Bonchev–Trinajstić information content (AvgIpc) is 2.19. The standard InChI is InChI=1S/C12H24O3/c1-12(2,6-8-13)7-10-15-11-5-3-4-9-14-11/h11,13H,3-10H2,1-2H3. The first-order valence-corrected chi connectivity index (χ1v) is 5.98. The molecule has 0 bridgehead atoms. The van der Waals surface area contributed by atoms with Gasteiger partial charge < -0.3 is 14.6 Å². The summed E-state index contributed by atoms with van der Waals surface area (Å²) in [6, 6.07) is 0. The second-order valence-electron chi connectivity index (χ2n) is 5.05. The first-order valence-electron chi connectivity index (χ1n) is 5.98. The Kier molecular flexibility index (Phi) is 5.58. The molecule has 1 aliphatic heterocycles. The highest BCUT2D eigenvalue weighted by Gasteiger charge is 2.19. The van der Waals surface area contributed by atoms with Gasteiger partial charge in [-0.1, -0.05) is 13.8 Å². The number of ether oxygens (including phenoxy) is 2. The number of aliphatic hydroxyl groups is 1. The summed E-state index contributed by atoms with van der Waals surface area (Å²) < 4.78 is 11.1. The molecular weight excluding hydrogens is 192 g/mol. The summed E-state index contributed by atoms with van der Waals surface area (Å²) in [7, 11) is 0. The van der Waals surface area contributed by atoms with E-state index in [-0.39, 0.29) is 18.3 Å². The van der Waals surface area contributed by atoms with E-state index in [2.05, 4.69) is 13.8 Å². The number of hydrogen-bond acceptors (Lipinski definition) is 3. The molecule has 0 amide bonds. The molecule has 15 heavy (non-hydrogen) atoms. The van der Waals surface area contributed by atoms with Crippen LogP contribution in [0, 0.1) is 5.41 Å². The summed E-state index contributed by atoms with van der Waals surface area (Å²) in [6.45, 7) is 6.15. The molecule has 0 radical (unpaired) electrons. The minimum atomic E-state index is 0.0173. The quantitative estimate of drug-likeness (QED) is 0.740. The van der Waals surface area contributed by atoms with Crippen molar-refractivity contribution in [2.75, 3.05) is 19.8 Å². The maximum absolute atomic E-state index is 8.88. The van der Waals surface area contributed by atoms with Crippen LogP contribution in [0.4, 0.5) is 0 Å². The second-order valence-corrected chi connectivity index (χ2v) is 5.05. The van der Waals surface area contributed by atoms with Crippen molar-refractivity contribution in [2.45, 2.75) is 52.2 Å². The van der Waals surface area contributed by atoms with E-state index in [0.29, 0.717) is 0 Å². The Balaban J connectivity index is 2.09. The molecule has 1 N–H and O–H groups in total. The monoisotopic (exact) mass is 216 g/mol. The summed E-state index contributed by atoms with van der Waals surface area (Å²) in [5.74, 6) is 0. The Morgan fingerprint density at radius 3 is 2.73 bits per heavy atom. The molecule has 1 unspecified atom stereocenters. The first-order chi connectivity index (χ1) is 7.14. The molecule has 0 aromatic rings. The van der Waals surface area contributed by atoms with Crippen LogP contribution >= 0.6 is 0 Å². The van der Waals surface area contributed by atoms with Gasteiger partial charge in [-0.3, -0.25) is 0 Å². The summed E-state index contributed by atoms with van der Waals surface area (Å²) in [5.41, 5.74) is 0.170. The van der Waals surface area contributed by atoms with Gasteiger partial charge in [-0.2, -0.15) is 0 Å². The van der Waals surface area contributed by atoms with Gasteiger partial charge in [0.2, 0.25) is 0 Å². The van der Waals surface area contributed by atoms with Crippen LogP contribution in [0.5, 0.6) is 0 Å². The van der Waals surface area contributed by atoms with Gasteiger partial charge in [-0.05, 0) is 37.5 Å². The molecule has 0 spiro atoms. The molecule has 1 atom stereocenters. The molecular formula is C12H24O3. The zero-order valence-corrected chi connectivity index (χ0v) is 10.00. The smallest absolute Gasteiger partial charge is 0.157 e. The van der Waals surface area contributed by atoms with Crippen molar-refractivity contribution in [1.82, 2.24) is 0 Å². The Morgan fingerprint density at radius 2 is 2.13 bits per heavy atom. The molecule has 3 heteroatoms. The minimum Gasteiger partial charge on any atom is -0.396 e. The van der Waals surface area contributed by atoms with Crippen molar-refractivity contribution >= 4 is 0 Å². The van der Waals surface area contributed by atoms with Gasteiger partial charge in [0.05, 0.1) is 6.61 Å². The van der Waals surface area contributed by atoms with Crippen LogP contribution in [0.15, 0.2) is 0 Å². The molecule has 1 saturated heterocycles. The Morgan fingerprint density at radius 1 is 1.33 bits per heavy atom. The van der Waals surface area contributed by atoms with Crippen molar-refractivity contribution in [3.63, 3.8) is 0 Å². The van der Waals surface area contributed by atoms with E-state index >= 15 is 0 Å². The summed E-state index contributed by atoms with van der Waals surface area (Å²) in [5, 5.41) is 8.88. The van der Waals surface area contributed by atoms with Gasteiger partial charge in [0.25, 0.3) is 0 Å². The molecule has 1 heterocycles. The summed E-state index contributed by atoms with van der Waals surface area (Å²) in [6.07, 6.45) is 5.24. The van der Waals surface area contributed by atoms with Gasteiger partial charge in [-0.25, -0.2) is 0 Å². The van der Waals surface area contributed by atoms with E-state index in [1.54, 1.807) is 0 Å². The molecule has 1 rings (SSSR count). The third-order valence-corrected chi connectivity index (χ3v) is 3.01. The predicted octanol–water partition coefficient (Wildman–Crippen LogP) is 2.33. The van der Waals surface area contributed by atoms with E-state index in [4.69, 9.17) is 14.6 Å². The lowest BCUT2D eigenvalue weighted by Gasteiger charge is -2.27. The van der Waals surface area contributed by atoms with Crippen LogP contribution in [-0.4, -0.2) is 31.2 Å². The molecule has 90 valence electrons. The van der Waals surface area contributed by atoms with E-state index < -0.39 is 0 Å².